The lowest BCUT2D eigenvalue weighted by Gasteiger charge is -2.39. The maximum Gasteiger partial charge on any atom is 0.294 e. The van der Waals surface area contributed by atoms with Crippen LogP contribution in [-0.2, 0) is 14.4 Å². The Bertz CT molecular complexity index is 999. The molecule has 2 amide bonds. The van der Waals surface area contributed by atoms with Crippen LogP contribution in [0.3, 0.4) is 0 Å². The number of nitriles is 1. The third-order valence-corrected chi connectivity index (χ3v) is 5.33. The maximum absolute atomic E-state index is 13.0. The Morgan fingerprint density at radius 1 is 1.39 bits per heavy atom. The second kappa shape index (κ2) is 10.3. The molecule has 0 aromatic heterocycles. The highest BCUT2D eigenvalue weighted by Crippen LogP contribution is 2.38. The minimum atomic E-state index is -0.902. The molecular formula is C22H27N5O6. The Hall–Kier alpha value is -3.65. The Morgan fingerprint density at radius 3 is 2.88 bits per heavy atom. The minimum absolute atomic E-state index is 0.0557. The molecule has 1 saturated heterocycles. The van der Waals surface area contributed by atoms with Crippen LogP contribution in [0.4, 0.5) is 0 Å². The molecule has 0 unspecified atom stereocenters. The van der Waals surface area contributed by atoms with Gasteiger partial charge in [0.25, 0.3) is 5.09 Å². The zero-order chi connectivity index (χ0) is 24.0. The van der Waals surface area contributed by atoms with Crippen LogP contribution in [0.1, 0.15) is 37.8 Å². The van der Waals surface area contributed by atoms with Crippen molar-refractivity contribution < 1.29 is 24.3 Å². The summed E-state index contributed by atoms with van der Waals surface area (Å²) in [5.41, 5.74) is 1.39. The molecule has 0 atom stereocenters. The molecule has 33 heavy (non-hydrogen) atoms. The smallest absolute Gasteiger partial charge is 0.294 e. The number of carbonyl (C=O) groups excluding carboxylic acids is 2. The van der Waals surface area contributed by atoms with Crippen molar-refractivity contribution in [3.8, 4) is 11.8 Å². The highest BCUT2D eigenvalue weighted by atomic mass is 16.9. The van der Waals surface area contributed by atoms with E-state index in [1.807, 2.05) is 24.8 Å². The van der Waals surface area contributed by atoms with Crippen LogP contribution in [-0.4, -0.2) is 71.6 Å². The van der Waals surface area contributed by atoms with Crippen molar-refractivity contribution in [2.75, 3.05) is 39.3 Å². The van der Waals surface area contributed by atoms with Crippen LogP contribution in [0.2, 0.25) is 0 Å². The highest BCUT2D eigenvalue weighted by Gasteiger charge is 2.34. The molecule has 0 spiro atoms. The number of nitrogens with zero attached hydrogens (tertiary/aromatic N) is 4. The van der Waals surface area contributed by atoms with Gasteiger partial charge in [-0.2, -0.15) is 5.26 Å². The number of benzene rings is 1. The van der Waals surface area contributed by atoms with Gasteiger partial charge in [0.15, 0.2) is 0 Å². The van der Waals surface area contributed by atoms with E-state index in [9.17, 15) is 25.0 Å². The number of hydrogen-bond acceptors (Lipinski definition) is 8. The van der Waals surface area contributed by atoms with E-state index in [-0.39, 0.29) is 37.9 Å². The zero-order valence-electron chi connectivity index (χ0n) is 18.7. The summed E-state index contributed by atoms with van der Waals surface area (Å²) in [4.78, 5) is 42.8. The molecule has 2 heterocycles. The third-order valence-electron chi connectivity index (χ3n) is 5.33. The summed E-state index contributed by atoms with van der Waals surface area (Å²) in [5, 5.41) is 21.0. The maximum atomic E-state index is 13.0. The Balaban J connectivity index is 1.54. The van der Waals surface area contributed by atoms with Gasteiger partial charge >= 0.3 is 0 Å². The van der Waals surface area contributed by atoms with Crippen molar-refractivity contribution in [1.82, 2.24) is 15.1 Å². The van der Waals surface area contributed by atoms with Crippen LogP contribution in [0, 0.1) is 21.4 Å². The van der Waals surface area contributed by atoms with Crippen LogP contribution < -0.4 is 10.1 Å². The summed E-state index contributed by atoms with van der Waals surface area (Å²) >= 11 is 0. The molecule has 176 valence electrons. The van der Waals surface area contributed by atoms with Crippen molar-refractivity contribution in [1.29, 1.82) is 5.26 Å². The molecule has 0 radical (unpaired) electrons. The topological polar surface area (TPSA) is 138 Å². The SMILES string of the molecule is CC1(C)C=C(N2CCN(CCCC(=O)NCCO[N+](=O)[O-])CC2=O)c2cc(C#N)ccc2O1. The summed E-state index contributed by atoms with van der Waals surface area (Å²) < 4.78 is 6.01. The van der Waals surface area contributed by atoms with Crippen molar-refractivity contribution in [3.05, 3.63) is 45.5 Å². The summed E-state index contributed by atoms with van der Waals surface area (Å²) in [6.07, 6.45) is 2.73. The van der Waals surface area contributed by atoms with Gasteiger partial charge in [-0.15, -0.1) is 10.1 Å². The summed E-state index contributed by atoms with van der Waals surface area (Å²) in [6.45, 7) is 5.67. The van der Waals surface area contributed by atoms with Crippen LogP contribution >= 0.6 is 0 Å². The first kappa shape index (κ1) is 24.0. The van der Waals surface area contributed by atoms with Gasteiger partial charge in [0.1, 0.15) is 18.0 Å². The fraction of sp³-hybridized carbons (Fsp3) is 0.500. The normalized spacial score (nSPS) is 17.3. The Morgan fingerprint density at radius 2 is 2.18 bits per heavy atom. The van der Waals surface area contributed by atoms with Gasteiger partial charge in [-0.1, -0.05) is 0 Å². The van der Waals surface area contributed by atoms with E-state index in [4.69, 9.17) is 4.74 Å². The quantitative estimate of drug-likeness (QED) is 0.333. The van der Waals surface area contributed by atoms with Gasteiger partial charge in [-0.05, 0) is 51.1 Å². The van der Waals surface area contributed by atoms with Gasteiger partial charge in [-0.25, -0.2) is 0 Å². The second-order valence-electron chi connectivity index (χ2n) is 8.39. The average molecular weight is 457 g/mol. The van der Waals surface area contributed by atoms with E-state index in [1.165, 1.54) is 0 Å². The molecule has 11 nitrogen and oxygen atoms in total. The van der Waals surface area contributed by atoms with E-state index >= 15 is 0 Å². The lowest BCUT2D eigenvalue weighted by Crippen LogP contribution is -2.50. The lowest BCUT2D eigenvalue weighted by molar-refractivity contribution is -0.757. The van der Waals surface area contributed by atoms with Gasteiger partial charge in [-0.3, -0.25) is 14.5 Å². The highest BCUT2D eigenvalue weighted by molar-refractivity contribution is 5.90. The first-order valence-corrected chi connectivity index (χ1v) is 10.7. The second-order valence-corrected chi connectivity index (χ2v) is 8.39. The van der Waals surface area contributed by atoms with E-state index in [2.05, 4.69) is 16.2 Å². The predicted octanol–water partition coefficient (Wildman–Crippen LogP) is 1.32. The Labute approximate surface area is 191 Å². The van der Waals surface area contributed by atoms with Gasteiger partial charge in [0.2, 0.25) is 11.8 Å². The fourth-order valence-electron chi connectivity index (χ4n) is 3.86. The van der Waals surface area contributed by atoms with E-state index in [0.717, 1.165) is 11.3 Å². The van der Waals surface area contributed by atoms with Crippen molar-refractivity contribution in [3.63, 3.8) is 0 Å². The number of carbonyl (C=O) groups is 2. The van der Waals surface area contributed by atoms with E-state index < -0.39 is 10.7 Å². The van der Waals surface area contributed by atoms with Crippen LogP contribution in [0.5, 0.6) is 5.75 Å². The van der Waals surface area contributed by atoms with E-state index in [0.29, 0.717) is 37.4 Å². The molecule has 1 N–H and O–H groups in total. The van der Waals surface area contributed by atoms with Gasteiger partial charge in [0.05, 0.1) is 23.9 Å². The molecular weight excluding hydrogens is 430 g/mol. The first-order valence-electron chi connectivity index (χ1n) is 10.7. The minimum Gasteiger partial charge on any atom is -0.483 e. The predicted molar refractivity (Wildman–Crippen MR) is 117 cm³/mol. The van der Waals surface area contributed by atoms with Crippen LogP contribution in [0.25, 0.3) is 5.70 Å². The number of ether oxygens (including phenoxy) is 1. The molecule has 11 heteroatoms. The van der Waals surface area contributed by atoms with Crippen molar-refractivity contribution in [2.24, 2.45) is 0 Å². The molecule has 2 aliphatic heterocycles. The summed E-state index contributed by atoms with van der Waals surface area (Å²) in [6, 6.07) is 7.33. The summed E-state index contributed by atoms with van der Waals surface area (Å²) in [5.74, 6) is 0.368. The van der Waals surface area contributed by atoms with Crippen molar-refractivity contribution >= 4 is 17.5 Å². The molecule has 1 fully saturated rings. The monoisotopic (exact) mass is 457 g/mol. The molecule has 0 aliphatic carbocycles. The lowest BCUT2D eigenvalue weighted by atomic mass is 9.96. The number of rotatable bonds is 9. The molecule has 2 aliphatic rings. The molecule has 1 aromatic carbocycles. The number of piperazine rings is 1. The largest absolute Gasteiger partial charge is 0.483 e. The molecule has 0 bridgehead atoms. The van der Waals surface area contributed by atoms with Crippen LogP contribution in [0.15, 0.2) is 24.3 Å². The molecule has 3 rings (SSSR count). The number of nitrogens with one attached hydrogen (secondary N) is 1. The van der Waals surface area contributed by atoms with E-state index in [1.54, 1.807) is 23.1 Å². The summed E-state index contributed by atoms with van der Waals surface area (Å²) in [7, 11) is 0. The molecule has 1 aromatic rings. The number of amides is 2. The fourth-order valence-corrected chi connectivity index (χ4v) is 3.86. The average Bonchev–Trinajstić information content (AvgIpc) is 2.75. The molecule has 0 saturated carbocycles. The number of fused-ring (bicyclic) bond motifs is 1. The standard InChI is InChI=1S/C22H27N5O6/c1-22(2)13-18(17-12-16(14-23)5-6-19(17)33-22)26-10-9-25(15-21(26)29)8-3-4-20(28)24-7-11-32-27(30)31/h5-6,12-13H,3-4,7-11,15H2,1-2H3,(H,24,28). The Kier molecular flexibility index (Phi) is 7.50. The van der Waals surface area contributed by atoms with Crippen molar-refractivity contribution in [2.45, 2.75) is 32.3 Å². The number of hydrogen-bond donors (Lipinski definition) is 1. The van der Waals surface area contributed by atoms with Gasteiger partial charge in [0, 0.05) is 31.6 Å². The third kappa shape index (κ3) is 6.43. The zero-order valence-corrected chi connectivity index (χ0v) is 18.7. The van der Waals surface area contributed by atoms with Gasteiger partial charge < -0.3 is 19.8 Å². The first-order chi connectivity index (χ1) is 15.7.